The van der Waals surface area contributed by atoms with Crippen molar-refractivity contribution in [1.82, 2.24) is 5.32 Å². The zero-order valence-corrected chi connectivity index (χ0v) is 11.0. The number of hydrogen-bond donors (Lipinski definition) is 1. The Bertz CT molecular complexity index is 541. The molecule has 1 aliphatic heterocycles. The van der Waals surface area contributed by atoms with Crippen molar-refractivity contribution in [2.45, 2.75) is 18.8 Å². The Hall–Kier alpha value is -2.02. The molecule has 0 aliphatic carbocycles. The van der Waals surface area contributed by atoms with Crippen molar-refractivity contribution < 1.29 is 18.8 Å². The fourth-order valence-electron chi connectivity index (χ4n) is 2.54. The average molecular weight is 282 g/mol. The number of methoxy groups -OCH3 is 1. The SMILES string of the molecule is COC(=O)c1ccc(F)c(C2CCCNC2)c1[N+](=O)[O-]. The van der Waals surface area contributed by atoms with Crippen LogP contribution in [0.5, 0.6) is 0 Å². The number of hydrogen-bond acceptors (Lipinski definition) is 5. The first-order valence-electron chi connectivity index (χ1n) is 6.32. The van der Waals surface area contributed by atoms with E-state index in [1.807, 2.05) is 0 Å². The Morgan fingerprint density at radius 3 is 2.85 bits per heavy atom. The lowest BCUT2D eigenvalue weighted by Gasteiger charge is -2.23. The third-order valence-corrected chi connectivity index (χ3v) is 3.46. The second-order valence-corrected chi connectivity index (χ2v) is 4.65. The van der Waals surface area contributed by atoms with Crippen LogP contribution in [0.15, 0.2) is 12.1 Å². The third kappa shape index (κ3) is 2.62. The van der Waals surface area contributed by atoms with E-state index in [0.29, 0.717) is 13.0 Å². The molecule has 0 aromatic heterocycles. The van der Waals surface area contributed by atoms with Crippen LogP contribution in [0.25, 0.3) is 0 Å². The molecule has 0 saturated carbocycles. The van der Waals surface area contributed by atoms with Crippen LogP contribution in [0.3, 0.4) is 0 Å². The maximum absolute atomic E-state index is 14.1. The maximum Gasteiger partial charge on any atom is 0.344 e. The molecule has 0 radical (unpaired) electrons. The van der Waals surface area contributed by atoms with E-state index in [4.69, 9.17) is 0 Å². The van der Waals surface area contributed by atoms with E-state index in [9.17, 15) is 19.3 Å². The molecule has 7 heteroatoms. The Morgan fingerprint density at radius 1 is 1.55 bits per heavy atom. The van der Waals surface area contributed by atoms with Crippen LogP contribution in [0.1, 0.15) is 34.7 Å². The molecule has 108 valence electrons. The topological polar surface area (TPSA) is 81.5 Å². The number of piperidine rings is 1. The monoisotopic (exact) mass is 282 g/mol. The van der Waals surface area contributed by atoms with E-state index in [2.05, 4.69) is 10.1 Å². The number of rotatable bonds is 3. The zero-order valence-electron chi connectivity index (χ0n) is 11.0. The summed E-state index contributed by atoms with van der Waals surface area (Å²) in [6, 6.07) is 2.18. The summed E-state index contributed by atoms with van der Waals surface area (Å²) < 4.78 is 18.6. The molecule has 1 aliphatic rings. The fraction of sp³-hybridized carbons (Fsp3) is 0.462. The predicted molar refractivity (Wildman–Crippen MR) is 69.2 cm³/mol. The van der Waals surface area contributed by atoms with Crippen molar-refractivity contribution in [3.8, 4) is 0 Å². The molecule has 0 bridgehead atoms. The Kier molecular flexibility index (Phi) is 4.29. The van der Waals surface area contributed by atoms with Crippen molar-refractivity contribution in [2.24, 2.45) is 0 Å². The number of carbonyl (C=O) groups excluding carboxylic acids is 1. The summed E-state index contributed by atoms with van der Waals surface area (Å²) in [5, 5.41) is 14.4. The molecule has 1 aromatic carbocycles. The number of nitrogens with zero attached hydrogens (tertiary/aromatic N) is 1. The van der Waals surface area contributed by atoms with Gasteiger partial charge in [-0.05, 0) is 31.5 Å². The van der Waals surface area contributed by atoms with Gasteiger partial charge in [0.05, 0.1) is 17.6 Å². The first kappa shape index (κ1) is 14.4. The molecule has 1 saturated heterocycles. The Morgan fingerprint density at radius 2 is 2.30 bits per heavy atom. The second-order valence-electron chi connectivity index (χ2n) is 4.65. The van der Waals surface area contributed by atoms with E-state index in [1.165, 1.54) is 0 Å². The summed E-state index contributed by atoms with van der Waals surface area (Å²) in [6.07, 6.45) is 1.46. The van der Waals surface area contributed by atoms with E-state index < -0.39 is 22.4 Å². The number of nitro groups is 1. The Balaban J connectivity index is 2.58. The van der Waals surface area contributed by atoms with Gasteiger partial charge in [-0.15, -0.1) is 0 Å². The fourth-order valence-corrected chi connectivity index (χ4v) is 2.54. The van der Waals surface area contributed by atoms with Crippen LogP contribution in [0.2, 0.25) is 0 Å². The minimum absolute atomic E-state index is 0.00917. The van der Waals surface area contributed by atoms with Gasteiger partial charge in [-0.2, -0.15) is 0 Å². The van der Waals surface area contributed by atoms with Gasteiger partial charge in [-0.1, -0.05) is 0 Å². The molecule has 1 fully saturated rings. The summed E-state index contributed by atoms with van der Waals surface area (Å²) in [7, 11) is 1.14. The van der Waals surface area contributed by atoms with Gasteiger partial charge in [0.2, 0.25) is 0 Å². The summed E-state index contributed by atoms with van der Waals surface area (Å²) in [5.41, 5.74) is -0.699. The van der Waals surface area contributed by atoms with E-state index in [0.717, 1.165) is 32.2 Å². The summed E-state index contributed by atoms with van der Waals surface area (Å²) >= 11 is 0. The number of esters is 1. The molecule has 2 rings (SSSR count). The molecule has 20 heavy (non-hydrogen) atoms. The molecule has 1 N–H and O–H groups in total. The lowest BCUT2D eigenvalue weighted by molar-refractivity contribution is -0.386. The smallest absolute Gasteiger partial charge is 0.344 e. The van der Waals surface area contributed by atoms with Crippen molar-refractivity contribution in [3.05, 3.63) is 39.2 Å². The number of nitro benzene ring substituents is 1. The molecule has 1 heterocycles. The molecular weight excluding hydrogens is 267 g/mol. The van der Waals surface area contributed by atoms with Crippen molar-refractivity contribution >= 4 is 11.7 Å². The highest BCUT2D eigenvalue weighted by atomic mass is 19.1. The van der Waals surface area contributed by atoms with E-state index in [-0.39, 0.29) is 17.0 Å². The van der Waals surface area contributed by atoms with Gasteiger partial charge in [0.1, 0.15) is 11.4 Å². The zero-order chi connectivity index (χ0) is 14.7. The predicted octanol–water partition coefficient (Wildman–Crippen LogP) is 1.99. The van der Waals surface area contributed by atoms with Crippen LogP contribution in [0, 0.1) is 15.9 Å². The molecule has 0 amide bonds. The second kappa shape index (κ2) is 5.96. The summed E-state index contributed by atoms with van der Waals surface area (Å²) in [6.45, 7) is 1.27. The largest absolute Gasteiger partial charge is 0.465 e. The molecule has 6 nitrogen and oxygen atoms in total. The van der Waals surface area contributed by atoms with Crippen LogP contribution in [-0.2, 0) is 4.74 Å². The van der Waals surface area contributed by atoms with Gasteiger partial charge in [0.25, 0.3) is 5.69 Å². The summed E-state index contributed by atoms with van der Waals surface area (Å²) in [4.78, 5) is 22.2. The van der Waals surface area contributed by atoms with Crippen LogP contribution in [0.4, 0.5) is 10.1 Å². The highest BCUT2D eigenvalue weighted by molar-refractivity contribution is 5.94. The minimum atomic E-state index is -0.832. The summed E-state index contributed by atoms with van der Waals surface area (Å²) in [5.74, 6) is -1.80. The van der Waals surface area contributed by atoms with Crippen LogP contribution >= 0.6 is 0 Å². The maximum atomic E-state index is 14.1. The highest BCUT2D eigenvalue weighted by Crippen LogP contribution is 2.36. The van der Waals surface area contributed by atoms with Crippen molar-refractivity contribution in [1.29, 1.82) is 0 Å². The number of halogens is 1. The van der Waals surface area contributed by atoms with E-state index in [1.54, 1.807) is 0 Å². The molecule has 0 spiro atoms. The minimum Gasteiger partial charge on any atom is -0.465 e. The molecule has 1 aromatic rings. The number of carbonyl (C=O) groups is 1. The van der Waals surface area contributed by atoms with Gasteiger partial charge in [-0.3, -0.25) is 10.1 Å². The van der Waals surface area contributed by atoms with Crippen molar-refractivity contribution in [3.63, 3.8) is 0 Å². The lowest BCUT2D eigenvalue weighted by atomic mass is 9.88. The normalized spacial score (nSPS) is 18.6. The van der Waals surface area contributed by atoms with Gasteiger partial charge in [0.15, 0.2) is 0 Å². The number of ether oxygens (including phenoxy) is 1. The standard InChI is InChI=1S/C13H15FN2O4/c1-20-13(17)9-4-5-10(14)11(12(9)16(18)19)8-3-2-6-15-7-8/h4-5,8,15H,2-3,6-7H2,1H3. The third-order valence-electron chi connectivity index (χ3n) is 3.46. The van der Waals surface area contributed by atoms with Crippen molar-refractivity contribution in [2.75, 3.05) is 20.2 Å². The van der Waals surface area contributed by atoms with Gasteiger partial charge in [-0.25, -0.2) is 9.18 Å². The number of benzene rings is 1. The molecule has 1 atom stereocenters. The van der Waals surface area contributed by atoms with Gasteiger partial charge in [0, 0.05) is 12.5 Å². The average Bonchev–Trinajstić information content (AvgIpc) is 2.46. The van der Waals surface area contributed by atoms with Gasteiger partial charge >= 0.3 is 5.97 Å². The number of nitrogens with one attached hydrogen (secondary N) is 1. The molecular formula is C13H15FN2O4. The van der Waals surface area contributed by atoms with E-state index >= 15 is 0 Å². The first-order chi connectivity index (χ1) is 9.56. The Labute approximate surface area is 115 Å². The van der Waals surface area contributed by atoms with Gasteiger partial charge < -0.3 is 10.1 Å². The lowest BCUT2D eigenvalue weighted by Crippen LogP contribution is -2.29. The molecule has 1 unspecified atom stereocenters. The quantitative estimate of drug-likeness (QED) is 0.521. The van der Waals surface area contributed by atoms with Crippen LogP contribution in [-0.4, -0.2) is 31.1 Å². The van der Waals surface area contributed by atoms with Crippen LogP contribution < -0.4 is 5.32 Å². The highest BCUT2D eigenvalue weighted by Gasteiger charge is 2.33. The first-order valence-corrected chi connectivity index (χ1v) is 6.32.